The van der Waals surface area contributed by atoms with Crippen molar-refractivity contribution in [3.63, 3.8) is 0 Å². The standard InChI is InChI=1S/C13H20N4O2/c1-3-12-14-7-10(8-15-12)16-13(18)11-9-17(4-2)5-6-19-11/h7-8,11H,3-6,9H2,1-2H3,(H,16,18). The van der Waals surface area contributed by atoms with Crippen molar-refractivity contribution in [1.82, 2.24) is 14.9 Å². The van der Waals surface area contributed by atoms with E-state index in [2.05, 4.69) is 27.1 Å². The fourth-order valence-electron chi connectivity index (χ4n) is 1.97. The molecule has 2 rings (SSSR count). The van der Waals surface area contributed by atoms with Gasteiger partial charge in [-0.3, -0.25) is 9.69 Å². The van der Waals surface area contributed by atoms with Crippen molar-refractivity contribution in [2.45, 2.75) is 26.4 Å². The second-order valence-corrected chi connectivity index (χ2v) is 4.48. The van der Waals surface area contributed by atoms with Crippen LogP contribution in [0.2, 0.25) is 0 Å². The minimum absolute atomic E-state index is 0.133. The molecule has 0 bridgehead atoms. The van der Waals surface area contributed by atoms with Crippen molar-refractivity contribution < 1.29 is 9.53 Å². The lowest BCUT2D eigenvalue weighted by atomic mass is 10.2. The second kappa shape index (κ2) is 6.58. The Bertz CT molecular complexity index is 421. The fraction of sp³-hybridized carbons (Fsp3) is 0.615. The van der Waals surface area contributed by atoms with Gasteiger partial charge in [0.15, 0.2) is 0 Å². The van der Waals surface area contributed by atoms with E-state index in [4.69, 9.17) is 4.74 Å². The van der Waals surface area contributed by atoms with E-state index in [1.807, 2.05) is 6.92 Å². The third kappa shape index (κ3) is 3.71. The molecule has 1 unspecified atom stereocenters. The van der Waals surface area contributed by atoms with Gasteiger partial charge in [-0.05, 0) is 6.54 Å². The van der Waals surface area contributed by atoms with E-state index in [0.717, 1.165) is 25.3 Å². The summed E-state index contributed by atoms with van der Waals surface area (Å²) in [6, 6.07) is 0. The molecule has 1 aromatic heterocycles. The summed E-state index contributed by atoms with van der Waals surface area (Å²) in [5, 5.41) is 2.79. The monoisotopic (exact) mass is 264 g/mol. The molecule has 0 aromatic carbocycles. The van der Waals surface area contributed by atoms with Gasteiger partial charge >= 0.3 is 0 Å². The summed E-state index contributed by atoms with van der Waals surface area (Å²) in [5.41, 5.74) is 0.611. The Morgan fingerprint density at radius 2 is 2.21 bits per heavy atom. The Labute approximate surface area is 113 Å². The van der Waals surface area contributed by atoms with E-state index in [1.54, 1.807) is 12.4 Å². The molecule has 1 N–H and O–H groups in total. The Balaban J connectivity index is 1.92. The number of aryl methyl sites for hydroxylation is 1. The molecule has 1 amide bonds. The van der Waals surface area contributed by atoms with Gasteiger partial charge in [0, 0.05) is 19.5 Å². The number of aromatic nitrogens is 2. The molecule has 2 heterocycles. The number of nitrogens with one attached hydrogen (secondary N) is 1. The topological polar surface area (TPSA) is 67.4 Å². The first kappa shape index (κ1) is 13.9. The van der Waals surface area contributed by atoms with E-state index in [0.29, 0.717) is 18.8 Å². The number of nitrogens with zero attached hydrogens (tertiary/aromatic N) is 3. The molecule has 104 valence electrons. The number of rotatable bonds is 4. The molecule has 0 saturated carbocycles. The van der Waals surface area contributed by atoms with Gasteiger partial charge in [-0.25, -0.2) is 9.97 Å². The summed E-state index contributed by atoms with van der Waals surface area (Å²) < 4.78 is 5.49. The maximum atomic E-state index is 12.1. The number of carbonyl (C=O) groups excluding carboxylic acids is 1. The van der Waals surface area contributed by atoms with Crippen molar-refractivity contribution in [1.29, 1.82) is 0 Å². The van der Waals surface area contributed by atoms with E-state index in [1.165, 1.54) is 0 Å². The zero-order valence-electron chi connectivity index (χ0n) is 11.4. The van der Waals surface area contributed by atoms with Gasteiger partial charge in [0.2, 0.25) is 0 Å². The number of anilines is 1. The normalized spacial score (nSPS) is 20.2. The summed E-state index contributed by atoms with van der Waals surface area (Å²) in [4.78, 5) is 22.6. The lowest BCUT2D eigenvalue weighted by Crippen LogP contribution is -2.47. The zero-order chi connectivity index (χ0) is 13.7. The van der Waals surface area contributed by atoms with Gasteiger partial charge in [-0.2, -0.15) is 0 Å². The van der Waals surface area contributed by atoms with Crippen molar-refractivity contribution in [2.75, 3.05) is 31.6 Å². The molecule has 1 saturated heterocycles. The predicted molar refractivity (Wildman–Crippen MR) is 71.9 cm³/mol. The fourth-order valence-corrected chi connectivity index (χ4v) is 1.97. The van der Waals surface area contributed by atoms with Gasteiger partial charge in [0.1, 0.15) is 11.9 Å². The van der Waals surface area contributed by atoms with E-state index >= 15 is 0 Å². The minimum Gasteiger partial charge on any atom is -0.366 e. The summed E-state index contributed by atoms with van der Waals surface area (Å²) in [7, 11) is 0. The predicted octanol–water partition coefficient (Wildman–Crippen LogP) is 0.698. The van der Waals surface area contributed by atoms with Crippen LogP contribution in [-0.2, 0) is 16.0 Å². The number of hydrogen-bond acceptors (Lipinski definition) is 5. The summed E-state index contributed by atoms with van der Waals surface area (Å²) in [6.45, 7) is 7.11. The number of likely N-dealkylation sites (N-methyl/N-ethyl adjacent to an activating group) is 1. The first-order chi connectivity index (χ1) is 9.22. The van der Waals surface area contributed by atoms with Crippen LogP contribution >= 0.6 is 0 Å². The van der Waals surface area contributed by atoms with Crippen LogP contribution in [-0.4, -0.2) is 53.1 Å². The highest BCUT2D eigenvalue weighted by atomic mass is 16.5. The Morgan fingerprint density at radius 3 is 2.84 bits per heavy atom. The highest BCUT2D eigenvalue weighted by molar-refractivity contribution is 5.94. The summed E-state index contributed by atoms with van der Waals surface area (Å²) >= 11 is 0. The molecular formula is C13H20N4O2. The third-order valence-electron chi connectivity index (χ3n) is 3.18. The lowest BCUT2D eigenvalue weighted by molar-refractivity contribution is -0.132. The van der Waals surface area contributed by atoms with Crippen molar-refractivity contribution in [3.05, 3.63) is 18.2 Å². The average molecular weight is 264 g/mol. The Morgan fingerprint density at radius 1 is 1.47 bits per heavy atom. The third-order valence-corrected chi connectivity index (χ3v) is 3.18. The molecule has 0 spiro atoms. The molecule has 1 aliphatic heterocycles. The van der Waals surface area contributed by atoms with Gasteiger partial charge in [0.25, 0.3) is 5.91 Å². The maximum absolute atomic E-state index is 12.1. The van der Waals surface area contributed by atoms with Crippen LogP contribution in [0.5, 0.6) is 0 Å². The van der Waals surface area contributed by atoms with Crippen LogP contribution in [0.1, 0.15) is 19.7 Å². The van der Waals surface area contributed by atoms with Crippen LogP contribution in [0.4, 0.5) is 5.69 Å². The summed E-state index contributed by atoms with van der Waals surface area (Å²) in [5.74, 6) is 0.634. The van der Waals surface area contributed by atoms with Crippen LogP contribution in [0.15, 0.2) is 12.4 Å². The van der Waals surface area contributed by atoms with Crippen LogP contribution in [0.25, 0.3) is 0 Å². The molecule has 1 fully saturated rings. The highest BCUT2D eigenvalue weighted by Crippen LogP contribution is 2.09. The summed E-state index contributed by atoms with van der Waals surface area (Å²) in [6.07, 6.45) is 3.62. The van der Waals surface area contributed by atoms with Gasteiger partial charge in [-0.1, -0.05) is 13.8 Å². The molecular weight excluding hydrogens is 244 g/mol. The largest absolute Gasteiger partial charge is 0.366 e. The second-order valence-electron chi connectivity index (χ2n) is 4.48. The van der Waals surface area contributed by atoms with E-state index < -0.39 is 6.10 Å². The van der Waals surface area contributed by atoms with E-state index in [-0.39, 0.29) is 5.91 Å². The Hall–Kier alpha value is -1.53. The number of morpholine rings is 1. The lowest BCUT2D eigenvalue weighted by Gasteiger charge is -2.31. The first-order valence-corrected chi connectivity index (χ1v) is 6.68. The number of carbonyl (C=O) groups is 1. The average Bonchev–Trinajstić information content (AvgIpc) is 2.48. The highest BCUT2D eigenvalue weighted by Gasteiger charge is 2.25. The van der Waals surface area contributed by atoms with Crippen LogP contribution < -0.4 is 5.32 Å². The molecule has 0 aliphatic carbocycles. The van der Waals surface area contributed by atoms with E-state index in [9.17, 15) is 4.79 Å². The van der Waals surface area contributed by atoms with Crippen LogP contribution in [0, 0.1) is 0 Å². The van der Waals surface area contributed by atoms with Crippen molar-refractivity contribution in [2.24, 2.45) is 0 Å². The zero-order valence-corrected chi connectivity index (χ0v) is 11.4. The van der Waals surface area contributed by atoms with Gasteiger partial charge in [0.05, 0.1) is 24.7 Å². The molecule has 1 atom stereocenters. The quantitative estimate of drug-likeness (QED) is 0.867. The smallest absolute Gasteiger partial charge is 0.254 e. The molecule has 19 heavy (non-hydrogen) atoms. The first-order valence-electron chi connectivity index (χ1n) is 6.68. The Kier molecular flexibility index (Phi) is 4.81. The van der Waals surface area contributed by atoms with Gasteiger partial charge < -0.3 is 10.1 Å². The number of hydrogen-bond donors (Lipinski definition) is 1. The number of amides is 1. The molecule has 1 aliphatic rings. The molecule has 1 aromatic rings. The van der Waals surface area contributed by atoms with Crippen LogP contribution in [0.3, 0.4) is 0 Å². The number of ether oxygens (including phenoxy) is 1. The minimum atomic E-state index is -0.417. The molecule has 6 nitrogen and oxygen atoms in total. The molecule has 0 radical (unpaired) electrons. The van der Waals surface area contributed by atoms with Crippen molar-refractivity contribution in [3.8, 4) is 0 Å². The molecule has 6 heteroatoms. The SMILES string of the molecule is CCc1ncc(NC(=O)C2CN(CC)CCO2)cn1. The maximum Gasteiger partial charge on any atom is 0.254 e. The van der Waals surface area contributed by atoms with Gasteiger partial charge in [-0.15, -0.1) is 0 Å². The van der Waals surface area contributed by atoms with Crippen molar-refractivity contribution >= 4 is 11.6 Å².